The molecule has 0 spiro atoms. The molecule has 2 rings (SSSR count). The van der Waals surface area contributed by atoms with Gasteiger partial charge in [0.25, 0.3) is 0 Å². The van der Waals surface area contributed by atoms with Crippen molar-refractivity contribution in [2.24, 2.45) is 0 Å². The van der Waals surface area contributed by atoms with Gasteiger partial charge in [-0.05, 0) is 24.6 Å². The van der Waals surface area contributed by atoms with Crippen molar-refractivity contribution in [3.63, 3.8) is 0 Å². The third kappa shape index (κ3) is 3.06. The second kappa shape index (κ2) is 5.46. The number of alkyl halides is 4. The van der Waals surface area contributed by atoms with Crippen molar-refractivity contribution in [1.29, 1.82) is 0 Å². The third-order valence-electron chi connectivity index (χ3n) is 2.98. The molecule has 1 heterocycles. The number of hydrogen-bond acceptors (Lipinski definition) is 3. The zero-order valence-corrected chi connectivity index (χ0v) is 11.4. The van der Waals surface area contributed by atoms with Gasteiger partial charge in [0.1, 0.15) is 0 Å². The van der Waals surface area contributed by atoms with Gasteiger partial charge in [0.2, 0.25) is 0 Å². The average molecular weight is 305 g/mol. The Morgan fingerprint density at radius 2 is 1.76 bits per heavy atom. The molecule has 1 aliphatic heterocycles. The van der Waals surface area contributed by atoms with Gasteiger partial charge in [-0.25, -0.2) is 0 Å². The molecule has 0 aliphatic carbocycles. The van der Waals surface area contributed by atoms with Crippen LogP contribution in [0.4, 0.5) is 17.6 Å². The first-order valence-electron chi connectivity index (χ1n) is 6.47. The van der Waals surface area contributed by atoms with Crippen LogP contribution in [0.25, 0.3) is 5.70 Å². The second-order valence-corrected chi connectivity index (χ2v) is 4.66. The van der Waals surface area contributed by atoms with Crippen LogP contribution in [0.3, 0.4) is 0 Å². The smallest absolute Gasteiger partial charge is 0.421 e. The van der Waals surface area contributed by atoms with Crippen molar-refractivity contribution in [3.05, 3.63) is 30.3 Å². The second-order valence-electron chi connectivity index (χ2n) is 4.66. The quantitative estimate of drug-likeness (QED) is 0.659. The Kier molecular flexibility index (Phi) is 4.02. The van der Waals surface area contributed by atoms with Gasteiger partial charge in [0.15, 0.2) is 11.5 Å². The highest BCUT2D eigenvalue weighted by Gasteiger charge is 2.65. The molecule has 0 atom stereocenters. The van der Waals surface area contributed by atoms with E-state index in [0.717, 1.165) is 18.9 Å². The minimum Gasteiger partial charge on any atom is -0.421 e. The van der Waals surface area contributed by atoms with Crippen molar-refractivity contribution in [2.75, 3.05) is 6.54 Å². The SMILES string of the molecule is C=C(NCCCC)c1ccc2c(c1)OC(F)(F)C(F)(F)O2. The van der Waals surface area contributed by atoms with Crippen LogP contribution in [0, 0.1) is 0 Å². The number of hydrogen-bond donors (Lipinski definition) is 1. The summed E-state index contributed by atoms with van der Waals surface area (Å²) in [6, 6.07) is 3.79. The predicted molar refractivity (Wildman–Crippen MR) is 69.5 cm³/mol. The normalized spacial score (nSPS) is 18.1. The van der Waals surface area contributed by atoms with E-state index in [4.69, 9.17) is 0 Å². The molecule has 0 radical (unpaired) electrons. The molecule has 116 valence electrons. The molecular formula is C14H15F4NO2. The Balaban J connectivity index is 2.19. The standard InChI is InChI=1S/C14H15F4NO2/c1-3-4-7-19-9(2)10-5-6-11-12(8-10)21-14(17,18)13(15,16)20-11/h5-6,8,19H,2-4,7H2,1H3. The van der Waals surface area contributed by atoms with E-state index in [-0.39, 0.29) is 0 Å². The molecule has 21 heavy (non-hydrogen) atoms. The fourth-order valence-electron chi connectivity index (χ4n) is 1.77. The number of nitrogens with one attached hydrogen (secondary N) is 1. The zero-order valence-electron chi connectivity index (χ0n) is 11.4. The first-order valence-corrected chi connectivity index (χ1v) is 6.47. The number of benzene rings is 1. The van der Waals surface area contributed by atoms with Crippen LogP contribution in [0.2, 0.25) is 0 Å². The van der Waals surface area contributed by atoms with Crippen molar-refractivity contribution in [2.45, 2.75) is 32.0 Å². The van der Waals surface area contributed by atoms with E-state index in [0.29, 0.717) is 17.8 Å². The monoisotopic (exact) mass is 305 g/mol. The molecule has 3 nitrogen and oxygen atoms in total. The lowest BCUT2D eigenvalue weighted by Crippen LogP contribution is -2.52. The van der Waals surface area contributed by atoms with Gasteiger partial charge < -0.3 is 14.8 Å². The Bertz CT molecular complexity index is 546. The molecule has 1 aromatic carbocycles. The molecule has 1 aromatic rings. The molecule has 0 saturated carbocycles. The average Bonchev–Trinajstić information content (AvgIpc) is 2.39. The van der Waals surface area contributed by atoms with Crippen molar-refractivity contribution < 1.29 is 27.0 Å². The highest BCUT2D eigenvalue weighted by molar-refractivity contribution is 5.65. The fraction of sp³-hybridized carbons (Fsp3) is 0.429. The van der Waals surface area contributed by atoms with Gasteiger partial charge in [0.05, 0.1) is 0 Å². The lowest BCUT2D eigenvalue weighted by Gasteiger charge is -2.32. The summed E-state index contributed by atoms with van der Waals surface area (Å²) in [7, 11) is 0. The van der Waals surface area contributed by atoms with E-state index in [1.54, 1.807) is 0 Å². The van der Waals surface area contributed by atoms with E-state index in [1.165, 1.54) is 12.1 Å². The third-order valence-corrected chi connectivity index (χ3v) is 2.98. The minimum absolute atomic E-state index is 0.434. The molecule has 0 fully saturated rings. The summed E-state index contributed by atoms with van der Waals surface area (Å²) in [4.78, 5) is 0. The number of halogens is 4. The maximum atomic E-state index is 13.1. The predicted octanol–water partition coefficient (Wildman–Crippen LogP) is 4.00. The highest BCUT2D eigenvalue weighted by atomic mass is 19.3. The molecule has 0 bridgehead atoms. The number of rotatable bonds is 5. The maximum Gasteiger partial charge on any atom is 0.507 e. The van der Waals surface area contributed by atoms with Gasteiger partial charge in [-0.2, -0.15) is 17.6 Å². The first-order chi connectivity index (χ1) is 9.77. The minimum atomic E-state index is -4.71. The van der Waals surface area contributed by atoms with E-state index in [1.807, 2.05) is 6.92 Å². The summed E-state index contributed by atoms with van der Waals surface area (Å²) in [5, 5.41) is 3.02. The Labute approximate surface area is 119 Å². The Morgan fingerprint density at radius 3 is 2.38 bits per heavy atom. The van der Waals surface area contributed by atoms with E-state index in [9.17, 15) is 17.6 Å². The molecule has 1 aliphatic rings. The number of fused-ring (bicyclic) bond motifs is 1. The summed E-state index contributed by atoms with van der Waals surface area (Å²) >= 11 is 0. The molecule has 0 saturated heterocycles. The lowest BCUT2D eigenvalue weighted by molar-refractivity contribution is -0.391. The number of unbranched alkanes of at least 4 members (excludes halogenated alkanes) is 1. The Hall–Kier alpha value is -1.92. The summed E-state index contributed by atoms with van der Waals surface area (Å²) in [6.07, 6.45) is -7.50. The van der Waals surface area contributed by atoms with E-state index < -0.39 is 23.7 Å². The van der Waals surface area contributed by atoms with Gasteiger partial charge in [-0.3, -0.25) is 0 Å². The lowest BCUT2D eigenvalue weighted by atomic mass is 10.1. The van der Waals surface area contributed by atoms with Crippen molar-refractivity contribution in [1.82, 2.24) is 5.32 Å². The van der Waals surface area contributed by atoms with Crippen LogP contribution >= 0.6 is 0 Å². The van der Waals surface area contributed by atoms with Crippen LogP contribution in [-0.2, 0) is 0 Å². The topological polar surface area (TPSA) is 30.5 Å². The van der Waals surface area contributed by atoms with Crippen LogP contribution < -0.4 is 14.8 Å². The molecule has 0 amide bonds. The summed E-state index contributed by atoms with van der Waals surface area (Å²) < 4.78 is 60.3. The molecule has 1 N–H and O–H groups in total. The fourth-order valence-corrected chi connectivity index (χ4v) is 1.77. The van der Waals surface area contributed by atoms with Gasteiger partial charge in [-0.1, -0.05) is 19.9 Å². The van der Waals surface area contributed by atoms with Gasteiger partial charge in [0, 0.05) is 17.8 Å². The van der Waals surface area contributed by atoms with Crippen molar-refractivity contribution >= 4 is 5.70 Å². The molecule has 0 aromatic heterocycles. The molecular weight excluding hydrogens is 290 g/mol. The Morgan fingerprint density at radius 1 is 1.14 bits per heavy atom. The maximum absolute atomic E-state index is 13.1. The van der Waals surface area contributed by atoms with E-state index >= 15 is 0 Å². The van der Waals surface area contributed by atoms with Crippen LogP contribution in [0.1, 0.15) is 25.3 Å². The van der Waals surface area contributed by atoms with Crippen molar-refractivity contribution in [3.8, 4) is 11.5 Å². The zero-order chi connectivity index (χ0) is 15.7. The first kappa shape index (κ1) is 15.5. The van der Waals surface area contributed by atoms with Gasteiger partial charge in [-0.15, -0.1) is 0 Å². The van der Waals surface area contributed by atoms with Gasteiger partial charge >= 0.3 is 12.2 Å². The summed E-state index contributed by atoms with van der Waals surface area (Å²) in [5.74, 6) is -0.877. The summed E-state index contributed by atoms with van der Waals surface area (Å²) in [5.41, 5.74) is 0.963. The van der Waals surface area contributed by atoms with Crippen LogP contribution in [0.5, 0.6) is 11.5 Å². The summed E-state index contributed by atoms with van der Waals surface area (Å²) in [6.45, 7) is 6.47. The van der Waals surface area contributed by atoms with Crippen LogP contribution in [0.15, 0.2) is 24.8 Å². The van der Waals surface area contributed by atoms with Crippen LogP contribution in [-0.4, -0.2) is 18.8 Å². The molecule has 0 unspecified atom stereocenters. The largest absolute Gasteiger partial charge is 0.507 e. The highest BCUT2D eigenvalue weighted by Crippen LogP contribution is 2.47. The number of ether oxygens (including phenoxy) is 2. The molecule has 7 heteroatoms. The van der Waals surface area contributed by atoms with E-state index in [2.05, 4.69) is 21.4 Å².